The summed E-state index contributed by atoms with van der Waals surface area (Å²) in [5.41, 5.74) is 0. The summed E-state index contributed by atoms with van der Waals surface area (Å²) in [4.78, 5) is 11.4. The zero-order valence-electron chi connectivity index (χ0n) is 11.3. The molecule has 3 nitrogen and oxygen atoms in total. The predicted molar refractivity (Wildman–Crippen MR) is 76.3 cm³/mol. The molecule has 0 unspecified atom stereocenters. The Hall–Kier alpha value is -0.830. The largest absolute Gasteiger partial charge is 0.354 e. The first kappa shape index (κ1) is 13.6. The van der Waals surface area contributed by atoms with E-state index >= 15 is 0 Å². The van der Waals surface area contributed by atoms with Crippen molar-refractivity contribution >= 4 is 17.4 Å². The zero-order valence-corrected chi connectivity index (χ0v) is 12.1. The maximum atomic E-state index is 6.12. The molecule has 0 bridgehead atoms. The van der Waals surface area contributed by atoms with Crippen molar-refractivity contribution in [2.45, 2.75) is 58.4 Å². The SMILES string of the molecule is CCCc1nc(Cl)cc(N(CC)C2CCCC2)n1. The molecule has 1 aromatic heterocycles. The van der Waals surface area contributed by atoms with Crippen molar-refractivity contribution in [1.82, 2.24) is 9.97 Å². The lowest BCUT2D eigenvalue weighted by atomic mass is 10.2. The second-order valence-electron chi connectivity index (χ2n) is 4.94. The topological polar surface area (TPSA) is 29.0 Å². The fourth-order valence-electron chi connectivity index (χ4n) is 2.76. The number of anilines is 1. The van der Waals surface area contributed by atoms with Gasteiger partial charge in [-0.05, 0) is 26.2 Å². The molecule has 100 valence electrons. The molecule has 0 radical (unpaired) electrons. The van der Waals surface area contributed by atoms with Crippen LogP contribution in [0.2, 0.25) is 5.15 Å². The second-order valence-corrected chi connectivity index (χ2v) is 5.33. The summed E-state index contributed by atoms with van der Waals surface area (Å²) in [5, 5.41) is 0.569. The van der Waals surface area contributed by atoms with Crippen LogP contribution in [0.15, 0.2) is 6.07 Å². The number of hydrogen-bond acceptors (Lipinski definition) is 3. The first-order valence-electron chi connectivity index (χ1n) is 7.04. The van der Waals surface area contributed by atoms with Crippen molar-refractivity contribution in [1.29, 1.82) is 0 Å². The van der Waals surface area contributed by atoms with Crippen molar-refractivity contribution in [3.05, 3.63) is 17.0 Å². The maximum Gasteiger partial charge on any atom is 0.134 e. The molecule has 1 heterocycles. The van der Waals surface area contributed by atoms with Crippen LogP contribution in [-0.2, 0) is 6.42 Å². The van der Waals surface area contributed by atoms with Gasteiger partial charge in [-0.2, -0.15) is 0 Å². The summed E-state index contributed by atoms with van der Waals surface area (Å²) in [6.07, 6.45) is 7.17. The van der Waals surface area contributed by atoms with Crippen molar-refractivity contribution in [2.75, 3.05) is 11.4 Å². The summed E-state index contributed by atoms with van der Waals surface area (Å²) >= 11 is 6.12. The van der Waals surface area contributed by atoms with Crippen LogP contribution in [0.5, 0.6) is 0 Å². The Bertz CT molecular complexity index is 389. The molecule has 2 rings (SSSR count). The van der Waals surface area contributed by atoms with Gasteiger partial charge < -0.3 is 4.90 Å². The lowest BCUT2D eigenvalue weighted by Crippen LogP contribution is -2.34. The molecule has 0 aromatic carbocycles. The van der Waals surface area contributed by atoms with Gasteiger partial charge in [0, 0.05) is 25.1 Å². The summed E-state index contributed by atoms with van der Waals surface area (Å²) in [7, 11) is 0. The van der Waals surface area contributed by atoms with Crippen molar-refractivity contribution in [2.24, 2.45) is 0 Å². The Morgan fingerprint density at radius 1 is 1.28 bits per heavy atom. The van der Waals surface area contributed by atoms with E-state index in [-0.39, 0.29) is 0 Å². The number of hydrogen-bond donors (Lipinski definition) is 0. The van der Waals surface area contributed by atoms with Gasteiger partial charge in [-0.3, -0.25) is 0 Å². The van der Waals surface area contributed by atoms with Crippen molar-refractivity contribution in [3.63, 3.8) is 0 Å². The summed E-state index contributed by atoms with van der Waals surface area (Å²) < 4.78 is 0. The Morgan fingerprint density at radius 3 is 2.61 bits per heavy atom. The Balaban J connectivity index is 2.23. The lowest BCUT2D eigenvalue weighted by Gasteiger charge is -2.29. The van der Waals surface area contributed by atoms with Gasteiger partial charge >= 0.3 is 0 Å². The minimum absolute atomic E-state index is 0.569. The number of aryl methyl sites for hydroxylation is 1. The van der Waals surface area contributed by atoms with E-state index in [2.05, 4.69) is 28.7 Å². The predicted octanol–water partition coefficient (Wildman–Crippen LogP) is 3.85. The number of rotatable bonds is 5. The molecule has 18 heavy (non-hydrogen) atoms. The Morgan fingerprint density at radius 2 is 2.00 bits per heavy atom. The molecule has 4 heteroatoms. The fraction of sp³-hybridized carbons (Fsp3) is 0.714. The van der Waals surface area contributed by atoms with Gasteiger partial charge in [0.2, 0.25) is 0 Å². The van der Waals surface area contributed by atoms with Crippen LogP contribution in [0, 0.1) is 0 Å². The zero-order chi connectivity index (χ0) is 13.0. The molecule has 1 fully saturated rings. The van der Waals surface area contributed by atoms with E-state index in [0.29, 0.717) is 11.2 Å². The van der Waals surface area contributed by atoms with Crippen LogP contribution in [0.25, 0.3) is 0 Å². The van der Waals surface area contributed by atoms with Gasteiger partial charge in [-0.15, -0.1) is 0 Å². The minimum atomic E-state index is 0.569. The van der Waals surface area contributed by atoms with Crippen molar-refractivity contribution < 1.29 is 0 Å². The highest BCUT2D eigenvalue weighted by Gasteiger charge is 2.23. The molecule has 1 saturated carbocycles. The molecule has 0 amide bonds. The van der Waals surface area contributed by atoms with E-state index in [4.69, 9.17) is 11.6 Å². The molecule has 0 aliphatic heterocycles. The smallest absolute Gasteiger partial charge is 0.134 e. The average Bonchev–Trinajstić information content (AvgIpc) is 2.83. The number of halogens is 1. The van der Waals surface area contributed by atoms with E-state index in [1.54, 1.807) is 0 Å². The highest BCUT2D eigenvalue weighted by Crippen LogP contribution is 2.28. The fourth-order valence-corrected chi connectivity index (χ4v) is 2.95. The van der Waals surface area contributed by atoms with Crippen molar-refractivity contribution in [3.8, 4) is 0 Å². The Kier molecular flexibility index (Phi) is 4.81. The molecular formula is C14H22ClN3. The van der Waals surface area contributed by atoms with E-state index in [1.165, 1.54) is 25.7 Å². The first-order chi connectivity index (χ1) is 8.74. The van der Waals surface area contributed by atoms with Gasteiger partial charge in [0.1, 0.15) is 16.8 Å². The van der Waals surface area contributed by atoms with Gasteiger partial charge in [-0.25, -0.2) is 9.97 Å². The molecule has 1 aromatic rings. The van der Waals surface area contributed by atoms with Gasteiger partial charge in [-0.1, -0.05) is 31.4 Å². The van der Waals surface area contributed by atoms with Crippen LogP contribution in [-0.4, -0.2) is 22.6 Å². The van der Waals surface area contributed by atoms with Gasteiger partial charge in [0.25, 0.3) is 0 Å². The van der Waals surface area contributed by atoms with Crippen LogP contribution in [0.4, 0.5) is 5.82 Å². The minimum Gasteiger partial charge on any atom is -0.354 e. The van der Waals surface area contributed by atoms with Gasteiger partial charge in [0.05, 0.1) is 0 Å². The molecule has 1 aliphatic rings. The van der Waals surface area contributed by atoms with E-state index in [9.17, 15) is 0 Å². The third-order valence-electron chi connectivity index (χ3n) is 3.60. The summed E-state index contributed by atoms with van der Waals surface area (Å²) in [5.74, 6) is 1.88. The highest BCUT2D eigenvalue weighted by molar-refractivity contribution is 6.29. The van der Waals surface area contributed by atoms with E-state index in [1.807, 2.05) is 6.07 Å². The average molecular weight is 268 g/mol. The summed E-state index contributed by atoms with van der Waals surface area (Å²) in [6.45, 7) is 5.32. The highest BCUT2D eigenvalue weighted by atomic mass is 35.5. The molecule has 0 N–H and O–H groups in total. The normalized spacial score (nSPS) is 16.2. The quantitative estimate of drug-likeness (QED) is 0.759. The maximum absolute atomic E-state index is 6.12. The Labute approximate surface area is 115 Å². The van der Waals surface area contributed by atoms with Crippen LogP contribution in [0.1, 0.15) is 51.8 Å². The molecule has 0 saturated heterocycles. The van der Waals surface area contributed by atoms with Gasteiger partial charge in [0.15, 0.2) is 0 Å². The number of nitrogens with zero attached hydrogens (tertiary/aromatic N) is 3. The third kappa shape index (κ3) is 3.14. The van der Waals surface area contributed by atoms with Crippen LogP contribution in [0.3, 0.4) is 0 Å². The monoisotopic (exact) mass is 267 g/mol. The lowest BCUT2D eigenvalue weighted by molar-refractivity contribution is 0.610. The molecule has 0 atom stereocenters. The molecule has 0 spiro atoms. The van der Waals surface area contributed by atoms with E-state index in [0.717, 1.165) is 31.0 Å². The molecule has 1 aliphatic carbocycles. The first-order valence-corrected chi connectivity index (χ1v) is 7.42. The third-order valence-corrected chi connectivity index (χ3v) is 3.80. The van der Waals surface area contributed by atoms with E-state index < -0.39 is 0 Å². The summed E-state index contributed by atoms with van der Waals surface area (Å²) in [6, 6.07) is 2.54. The number of aromatic nitrogens is 2. The van der Waals surface area contributed by atoms with Crippen LogP contribution >= 0.6 is 11.6 Å². The molecular weight excluding hydrogens is 246 g/mol. The standard InChI is InChI=1S/C14H22ClN3/c1-3-7-13-16-12(15)10-14(17-13)18(4-2)11-8-5-6-9-11/h10-11H,3-9H2,1-2H3. The van der Waals surface area contributed by atoms with Crippen LogP contribution < -0.4 is 4.90 Å². The second kappa shape index (κ2) is 6.37.